The van der Waals surface area contributed by atoms with Crippen molar-refractivity contribution in [3.8, 4) is 0 Å². The van der Waals surface area contributed by atoms with Crippen molar-refractivity contribution in [3.63, 3.8) is 0 Å². The first-order valence-electron chi connectivity index (χ1n) is 3.79. The Morgan fingerprint density at radius 3 is 2.33 bits per heavy atom. The van der Waals surface area contributed by atoms with E-state index in [2.05, 4.69) is 26.0 Å². The molecule has 1 rings (SSSR count). The van der Waals surface area contributed by atoms with Crippen LogP contribution in [0.25, 0.3) is 0 Å². The van der Waals surface area contributed by atoms with Gasteiger partial charge in [-0.1, -0.05) is 0 Å². The van der Waals surface area contributed by atoms with E-state index in [4.69, 9.17) is 0 Å². The summed E-state index contributed by atoms with van der Waals surface area (Å²) in [4.78, 5) is 0. The van der Waals surface area contributed by atoms with Crippen LogP contribution in [0.5, 0.6) is 0 Å². The van der Waals surface area contributed by atoms with Gasteiger partial charge in [-0.3, -0.25) is 0 Å². The Bertz CT molecular complexity index is 183. The maximum atomic E-state index is 2.37. The summed E-state index contributed by atoms with van der Waals surface area (Å²) >= 11 is 1.58. The van der Waals surface area contributed by atoms with Gasteiger partial charge >= 0.3 is 78.3 Å². The average Bonchev–Trinajstić information content (AvgIpc) is 2.13. The number of hydrogen-bond donors (Lipinski definition) is 0. The van der Waals surface area contributed by atoms with Crippen LogP contribution in [-0.4, -0.2) is 0 Å². The van der Waals surface area contributed by atoms with Crippen molar-refractivity contribution >= 4 is 0 Å². The second kappa shape index (κ2) is 7.36. The molecule has 0 aromatic rings. The van der Waals surface area contributed by atoms with E-state index in [9.17, 15) is 0 Å². The molecule has 0 saturated heterocycles. The summed E-state index contributed by atoms with van der Waals surface area (Å²) in [6.45, 7) is 4.55. The summed E-state index contributed by atoms with van der Waals surface area (Å²) < 4.78 is 1.60. The molecule has 0 aliphatic heterocycles. The van der Waals surface area contributed by atoms with Gasteiger partial charge in [-0.05, 0) is 0 Å². The SMILES string of the molecule is CC(C)CC1=CC[C]([Zr+2])=C1.[Cl-].[Cl-]. The van der Waals surface area contributed by atoms with Gasteiger partial charge in [0.2, 0.25) is 0 Å². The van der Waals surface area contributed by atoms with E-state index in [0.717, 1.165) is 5.92 Å². The van der Waals surface area contributed by atoms with E-state index in [1.165, 1.54) is 12.8 Å². The maximum Gasteiger partial charge on any atom is -1.00 e. The first-order valence-corrected chi connectivity index (χ1v) is 5.02. The van der Waals surface area contributed by atoms with Crippen molar-refractivity contribution in [2.75, 3.05) is 0 Å². The third-order valence-electron chi connectivity index (χ3n) is 1.59. The Hall–Kier alpha value is 0.943. The van der Waals surface area contributed by atoms with Crippen molar-refractivity contribution in [2.24, 2.45) is 5.92 Å². The smallest absolute Gasteiger partial charge is 1.00 e. The van der Waals surface area contributed by atoms with Crippen molar-refractivity contribution in [3.05, 3.63) is 21.0 Å². The molecule has 0 heterocycles. The van der Waals surface area contributed by atoms with Crippen LogP contribution in [0, 0.1) is 5.92 Å². The van der Waals surface area contributed by atoms with Crippen molar-refractivity contribution in [1.29, 1.82) is 0 Å². The fourth-order valence-corrected chi connectivity index (χ4v) is 1.90. The minimum Gasteiger partial charge on any atom is -1.00 e. The number of rotatable bonds is 2. The van der Waals surface area contributed by atoms with Crippen molar-refractivity contribution in [1.82, 2.24) is 0 Å². The Kier molecular flexibility index (Phi) is 9.45. The van der Waals surface area contributed by atoms with E-state index in [1.54, 1.807) is 33.6 Å². The second-order valence-corrected chi connectivity index (χ2v) is 4.83. The summed E-state index contributed by atoms with van der Waals surface area (Å²) in [5.41, 5.74) is 1.56. The van der Waals surface area contributed by atoms with Gasteiger partial charge in [-0.2, -0.15) is 0 Å². The third-order valence-corrected chi connectivity index (χ3v) is 2.44. The average molecular weight is 283 g/mol. The number of allylic oxidation sites excluding steroid dienone is 4. The van der Waals surface area contributed by atoms with E-state index in [1.807, 2.05) is 0 Å². The van der Waals surface area contributed by atoms with Crippen LogP contribution in [0.4, 0.5) is 0 Å². The first kappa shape index (κ1) is 15.4. The molecule has 0 saturated carbocycles. The van der Waals surface area contributed by atoms with Crippen LogP contribution in [0.15, 0.2) is 21.0 Å². The minimum absolute atomic E-state index is 0. The fourth-order valence-electron chi connectivity index (χ4n) is 1.20. The zero-order valence-electron chi connectivity index (χ0n) is 7.40. The van der Waals surface area contributed by atoms with Crippen molar-refractivity contribution in [2.45, 2.75) is 26.7 Å². The molecule has 0 spiro atoms. The Morgan fingerprint density at radius 2 is 2.00 bits per heavy atom. The topological polar surface area (TPSA) is 0 Å². The molecule has 1 aliphatic rings. The summed E-state index contributed by atoms with van der Waals surface area (Å²) in [6, 6.07) is 0. The summed E-state index contributed by atoms with van der Waals surface area (Å²) in [6.07, 6.45) is 7.21. The quantitative estimate of drug-likeness (QED) is 0.501. The van der Waals surface area contributed by atoms with Gasteiger partial charge in [0.15, 0.2) is 0 Å². The molecule has 0 fully saturated rings. The molecule has 0 aromatic carbocycles. The molecular weight excluding hydrogens is 270 g/mol. The van der Waals surface area contributed by atoms with Gasteiger partial charge in [0.25, 0.3) is 0 Å². The summed E-state index contributed by atoms with van der Waals surface area (Å²) in [7, 11) is 0. The first-order chi connectivity index (χ1) is 4.68. The van der Waals surface area contributed by atoms with Crippen molar-refractivity contribution < 1.29 is 49.5 Å². The van der Waals surface area contributed by atoms with Crippen LogP contribution in [0.2, 0.25) is 0 Å². The van der Waals surface area contributed by atoms with E-state index in [-0.39, 0.29) is 24.8 Å². The summed E-state index contributed by atoms with van der Waals surface area (Å²) in [5.74, 6) is 0.809. The van der Waals surface area contributed by atoms with Crippen LogP contribution in [-0.2, 0) is 24.7 Å². The zero-order chi connectivity index (χ0) is 7.56. The van der Waals surface area contributed by atoms with E-state index < -0.39 is 0 Å². The molecule has 0 aromatic heterocycles. The van der Waals surface area contributed by atoms with Crippen LogP contribution in [0.3, 0.4) is 0 Å². The molecule has 0 N–H and O–H groups in total. The molecular formula is C9H13Cl2Zr. The van der Waals surface area contributed by atoms with Gasteiger partial charge in [-0.15, -0.1) is 0 Å². The largest absolute Gasteiger partial charge is 1.00 e. The monoisotopic (exact) mass is 281 g/mol. The van der Waals surface area contributed by atoms with Gasteiger partial charge < -0.3 is 24.8 Å². The van der Waals surface area contributed by atoms with Crippen LogP contribution < -0.4 is 24.8 Å². The third kappa shape index (κ3) is 5.57. The fraction of sp³-hybridized carbons (Fsp3) is 0.556. The maximum absolute atomic E-state index is 2.37. The minimum atomic E-state index is 0. The van der Waals surface area contributed by atoms with Gasteiger partial charge in [0.05, 0.1) is 0 Å². The molecule has 0 nitrogen and oxygen atoms in total. The second-order valence-electron chi connectivity index (χ2n) is 3.25. The Morgan fingerprint density at radius 1 is 1.42 bits per heavy atom. The Labute approximate surface area is 103 Å². The standard InChI is InChI=1S/C9H13.2ClH.Zr/c1-8(2)7-9-5-3-4-6-9;;;/h5-6,8H,3,7H2,1-2H3;2*1H;/q;;;+2/p-2. The molecule has 0 atom stereocenters. The normalized spacial score (nSPS) is 14.8. The molecule has 1 aliphatic carbocycles. The molecule has 0 unspecified atom stereocenters. The molecule has 0 amide bonds. The zero-order valence-corrected chi connectivity index (χ0v) is 11.4. The number of halogens is 2. The molecule has 3 heteroatoms. The van der Waals surface area contributed by atoms with Crippen LogP contribution >= 0.6 is 0 Å². The number of hydrogen-bond acceptors (Lipinski definition) is 0. The van der Waals surface area contributed by atoms with Gasteiger partial charge in [0.1, 0.15) is 0 Å². The van der Waals surface area contributed by atoms with Crippen LogP contribution in [0.1, 0.15) is 26.7 Å². The van der Waals surface area contributed by atoms with E-state index >= 15 is 0 Å². The Balaban J connectivity index is 0. The predicted molar refractivity (Wildman–Crippen MR) is 40.2 cm³/mol. The van der Waals surface area contributed by atoms with Gasteiger partial charge in [-0.25, -0.2) is 0 Å². The van der Waals surface area contributed by atoms with E-state index in [0.29, 0.717) is 0 Å². The molecule has 67 valence electrons. The predicted octanol–water partition coefficient (Wildman–Crippen LogP) is -3.20. The van der Waals surface area contributed by atoms with Gasteiger partial charge in [0, 0.05) is 0 Å². The molecule has 0 bridgehead atoms. The summed E-state index contributed by atoms with van der Waals surface area (Å²) in [5, 5.41) is 0. The molecule has 0 radical (unpaired) electrons. The molecule has 12 heavy (non-hydrogen) atoms.